The highest BCUT2D eigenvalue weighted by molar-refractivity contribution is 7.16. The lowest BCUT2D eigenvalue weighted by Crippen LogP contribution is -2.56. The molecule has 2 aliphatic carbocycles. The summed E-state index contributed by atoms with van der Waals surface area (Å²) < 4.78 is 0. The Hall–Kier alpha value is -1.38. The molecule has 1 unspecified atom stereocenters. The van der Waals surface area contributed by atoms with E-state index in [1.165, 1.54) is 4.88 Å². The van der Waals surface area contributed by atoms with Crippen molar-refractivity contribution in [2.75, 3.05) is 5.32 Å². The molecule has 3 N–H and O–H groups in total. The van der Waals surface area contributed by atoms with E-state index in [2.05, 4.69) is 18.3 Å². The Labute approximate surface area is 123 Å². The number of amides is 1. The van der Waals surface area contributed by atoms with Crippen molar-refractivity contribution in [2.45, 2.75) is 51.0 Å². The SMILES string of the molecule is CC1CCc2c(sc(NC(=O)C3(N)CCC3)c2C#N)C1. The Morgan fingerprint density at radius 1 is 1.55 bits per heavy atom. The number of hydrogen-bond donors (Lipinski definition) is 2. The largest absolute Gasteiger partial charge is 0.317 e. The van der Waals surface area contributed by atoms with Gasteiger partial charge in [0, 0.05) is 4.88 Å². The van der Waals surface area contributed by atoms with Crippen molar-refractivity contribution in [3.05, 3.63) is 16.0 Å². The van der Waals surface area contributed by atoms with Crippen molar-refractivity contribution < 1.29 is 4.79 Å². The van der Waals surface area contributed by atoms with Gasteiger partial charge in [0.15, 0.2) is 0 Å². The highest BCUT2D eigenvalue weighted by atomic mass is 32.1. The van der Waals surface area contributed by atoms with E-state index in [-0.39, 0.29) is 5.91 Å². The van der Waals surface area contributed by atoms with Crippen molar-refractivity contribution in [3.8, 4) is 6.07 Å². The molecule has 0 aliphatic heterocycles. The highest BCUT2D eigenvalue weighted by Gasteiger charge is 2.40. The van der Waals surface area contributed by atoms with E-state index in [0.717, 1.165) is 44.1 Å². The Morgan fingerprint density at radius 2 is 2.30 bits per heavy atom. The van der Waals surface area contributed by atoms with Gasteiger partial charge < -0.3 is 11.1 Å². The molecule has 0 saturated heterocycles. The fourth-order valence-electron chi connectivity index (χ4n) is 2.97. The van der Waals surface area contributed by atoms with E-state index in [1.54, 1.807) is 11.3 Å². The number of thiophene rings is 1. The highest BCUT2D eigenvalue weighted by Crippen LogP contribution is 2.40. The molecule has 1 heterocycles. The second-order valence-corrected chi connectivity index (χ2v) is 7.24. The first-order valence-electron chi connectivity index (χ1n) is 7.18. The molecule has 20 heavy (non-hydrogen) atoms. The minimum atomic E-state index is -0.718. The van der Waals surface area contributed by atoms with Crippen molar-refractivity contribution in [1.29, 1.82) is 5.26 Å². The summed E-state index contributed by atoms with van der Waals surface area (Å²) in [6.45, 7) is 2.23. The number of hydrogen-bond acceptors (Lipinski definition) is 4. The number of nitrogens with two attached hydrogens (primary N) is 1. The molecule has 106 valence electrons. The van der Waals surface area contributed by atoms with Gasteiger partial charge in [0.25, 0.3) is 0 Å². The first-order chi connectivity index (χ1) is 9.53. The third-order valence-corrected chi connectivity index (χ3v) is 5.72. The minimum Gasteiger partial charge on any atom is -0.317 e. The summed E-state index contributed by atoms with van der Waals surface area (Å²) in [4.78, 5) is 13.5. The summed E-state index contributed by atoms with van der Waals surface area (Å²) in [6.07, 6.45) is 5.56. The summed E-state index contributed by atoms with van der Waals surface area (Å²) in [5.74, 6) is 0.524. The number of nitriles is 1. The van der Waals surface area contributed by atoms with Gasteiger partial charge in [-0.1, -0.05) is 6.92 Å². The zero-order chi connectivity index (χ0) is 14.3. The summed E-state index contributed by atoms with van der Waals surface area (Å²) in [5.41, 5.74) is 7.13. The minimum absolute atomic E-state index is 0.133. The molecule has 0 bridgehead atoms. The molecule has 1 aromatic rings. The van der Waals surface area contributed by atoms with Crippen LogP contribution in [0.4, 0.5) is 5.00 Å². The molecule has 4 nitrogen and oxygen atoms in total. The van der Waals surface area contributed by atoms with Crippen LogP contribution < -0.4 is 11.1 Å². The predicted octanol–water partition coefficient (Wildman–Crippen LogP) is 2.56. The molecular weight excluding hydrogens is 270 g/mol. The van der Waals surface area contributed by atoms with Gasteiger partial charge >= 0.3 is 0 Å². The average molecular weight is 289 g/mol. The van der Waals surface area contributed by atoms with Crippen molar-refractivity contribution in [1.82, 2.24) is 0 Å². The zero-order valence-corrected chi connectivity index (χ0v) is 12.5. The molecular formula is C15H19N3OS. The molecule has 5 heteroatoms. The van der Waals surface area contributed by atoms with Crippen LogP contribution in [0.15, 0.2) is 0 Å². The lowest BCUT2D eigenvalue weighted by molar-refractivity contribution is -0.123. The lowest BCUT2D eigenvalue weighted by Gasteiger charge is -2.35. The van der Waals surface area contributed by atoms with Gasteiger partial charge in [-0.05, 0) is 50.0 Å². The number of fused-ring (bicyclic) bond motifs is 1. The Balaban J connectivity index is 1.87. The third kappa shape index (κ3) is 2.13. The summed E-state index contributed by atoms with van der Waals surface area (Å²) in [5, 5.41) is 13.0. The summed E-state index contributed by atoms with van der Waals surface area (Å²) >= 11 is 1.56. The number of carbonyl (C=O) groups excluding carboxylic acids is 1. The molecule has 2 aliphatic rings. The molecule has 1 fully saturated rings. The normalized spacial score (nSPS) is 23.4. The van der Waals surface area contributed by atoms with E-state index in [4.69, 9.17) is 5.73 Å². The topological polar surface area (TPSA) is 78.9 Å². The van der Waals surface area contributed by atoms with E-state index in [1.807, 2.05) is 0 Å². The van der Waals surface area contributed by atoms with E-state index in [0.29, 0.717) is 16.5 Å². The lowest BCUT2D eigenvalue weighted by atomic mass is 9.77. The van der Waals surface area contributed by atoms with E-state index < -0.39 is 5.54 Å². The van der Waals surface area contributed by atoms with Gasteiger partial charge in [-0.15, -0.1) is 11.3 Å². The van der Waals surface area contributed by atoms with Crippen LogP contribution in [0, 0.1) is 17.2 Å². The molecule has 1 saturated carbocycles. The molecule has 0 radical (unpaired) electrons. The van der Waals surface area contributed by atoms with Crippen LogP contribution in [0.2, 0.25) is 0 Å². The second-order valence-electron chi connectivity index (χ2n) is 6.13. The molecule has 1 atom stereocenters. The van der Waals surface area contributed by atoms with Gasteiger partial charge in [-0.3, -0.25) is 4.79 Å². The third-order valence-electron chi connectivity index (χ3n) is 4.55. The van der Waals surface area contributed by atoms with Crippen LogP contribution in [0.1, 0.15) is 48.6 Å². The number of nitrogens with one attached hydrogen (secondary N) is 1. The molecule has 1 amide bonds. The van der Waals surface area contributed by atoms with Gasteiger partial charge in [0.1, 0.15) is 11.1 Å². The molecule has 0 aromatic carbocycles. The summed E-state index contributed by atoms with van der Waals surface area (Å²) in [7, 11) is 0. The van der Waals surface area contributed by atoms with Crippen molar-refractivity contribution in [3.63, 3.8) is 0 Å². The van der Waals surface area contributed by atoms with Gasteiger partial charge in [-0.25, -0.2) is 0 Å². The van der Waals surface area contributed by atoms with Crippen LogP contribution in [0.5, 0.6) is 0 Å². The van der Waals surface area contributed by atoms with E-state index >= 15 is 0 Å². The zero-order valence-electron chi connectivity index (χ0n) is 11.7. The quantitative estimate of drug-likeness (QED) is 0.878. The first kappa shape index (κ1) is 13.6. The maximum atomic E-state index is 12.2. The smallest absolute Gasteiger partial charge is 0.245 e. The molecule has 3 rings (SSSR count). The number of anilines is 1. The van der Waals surface area contributed by atoms with Crippen LogP contribution in [-0.4, -0.2) is 11.4 Å². The Bertz CT molecular complexity index is 595. The summed E-state index contributed by atoms with van der Waals surface area (Å²) in [6, 6.07) is 2.27. The van der Waals surface area contributed by atoms with Crippen LogP contribution in [0.25, 0.3) is 0 Å². The maximum Gasteiger partial charge on any atom is 0.245 e. The van der Waals surface area contributed by atoms with E-state index in [9.17, 15) is 10.1 Å². The van der Waals surface area contributed by atoms with Gasteiger partial charge in [0.2, 0.25) is 5.91 Å². The van der Waals surface area contributed by atoms with Crippen LogP contribution >= 0.6 is 11.3 Å². The molecule has 1 aromatic heterocycles. The number of rotatable bonds is 2. The Kier molecular flexibility index (Phi) is 3.31. The van der Waals surface area contributed by atoms with Gasteiger partial charge in [-0.2, -0.15) is 5.26 Å². The monoisotopic (exact) mass is 289 g/mol. The van der Waals surface area contributed by atoms with Crippen LogP contribution in [-0.2, 0) is 17.6 Å². The maximum absolute atomic E-state index is 12.2. The fraction of sp³-hybridized carbons (Fsp3) is 0.600. The molecule has 0 spiro atoms. The van der Waals surface area contributed by atoms with Gasteiger partial charge in [0.05, 0.1) is 11.1 Å². The first-order valence-corrected chi connectivity index (χ1v) is 8.00. The number of nitrogens with zero attached hydrogens (tertiary/aromatic N) is 1. The standard InChI is InChI=1S/C15H19N3OS/c1-9-3-4-10-11(8-16)13(20-12(10)7-9)18-14(19)15(17)5-2-6-15/h9H,2-7,17H2,1H3,(H,18,19). The average Bonchev–Trinajstić information content (AvgIpc) is 2.71. The predicted molar refractivity (Wildman–Crippen MR) is 79.6 cm³/mol. The Morgan fingerprint density at radius 3 is 2.90 bits per heavy atom. The van der Waals surface area contributed by atoms with Crippen LogP contribution in [0.3, 0.4) is 0 Å². The fourth-order valence-corrected chi connectivity index (χ4v) is 4.33. The van der Waals surface area contributed by atoms with Crippen molar-refractivity contribution >= 4 is 22.2 Å². The van der Waals surface area contributed by atoms with Crippen molar-refractivity contribution in [2.24, 2.45) is 11.7 Å². The number of carbonyl (C=O) groups is 1. The second kappa shape index (κ2) is 4.87.